The maximum Gasteiger partial charge on any atom is 0.358 e. The number of carbonyl (C=O) groups excluding carboxylic acids is 1. The minimum atomic E-state index is -0.632. The van der Waals surface area contributed by atoms with Gasteiger partial charge in [0.05, 0.1) is 7.11 Å². The first-order chi connectivity index (χ1) is 15.0. The Labute approximate surface area is 181 Å². The average Bonchev–Trinajstić information content (AvgIpc) is 2.81. The van der Waals surface area contributed by atoms with Gasteiger partial charge in [0.1, 0.15) is 18.1 Å². The molecule has 0 saturated carbocycles. The molecule has 0 heterocycles. The normalized spacial score (nSPS) is 11.4. The first-order valence-corrected chi connectivity index (χ1v) is 9.69. The number of rotatable bonds is 8. The number of methoxy groups -OCH3 is 1. The van der Waals surface area contributed by atoms with E-state index in [0.717, 1.165) is 16.9 Å². The van der Waals surface area contributed by atoms with Crippen molar-refractivity contribution >= 4 is 17.9 Å². The standard InChI is InChI=1S/C25H24N2O4/c1-18-8-12-22(13-9-18)30-17-21-16-19(10-14-23(21)29-2)11-15-24(28)31-27-25(26)20-6-4-3-5-7-20/h3-16H,17H2,1-2H3,(H2,26,27)/b15-11-. The second-order valence-corrected chi connectivity index (χ2v) is 6.76. The highest BCUT2D eigenvalue weighted by Gasteiger charge is 2.06. The molecule has 0 aliphatic rings. The Morgan fingerprint density at radius 3 is 2.48 bits per heavy atom. The van der Waals surface area contributed by atoms with Crippen LogP contribution in [0.2, 0.25) is 0 Å². The Morgan fingerprint density at radius 1 is 1.03 bits per heavy atom. The molecule has 0 aliphatic carbocycles. The van der Waals surface area contributed by atoms with Crippen LogP contribution in [0.1, 0.15) is 22.3 Å². The molecule has 0 radical (unpaired) electrons. The molecule has 0 atom stereocenters. The molecule has 0 unspecified atom stereocenters. The van der Waals surface area contributed by atoms with Gasteiger partial charge in [0, 0.05) is 17.2 Å². The van der Waals surface area contributed by atoms with Crippen molar-refractivity contribution in [2.75, 3.05) is 7.11 Å². The van der Waals surface area contributed by atoms with E-state index >= 15 is 0 Å². The fourth-order valence-electron chi connectivity index (χ4n) is 2.76. The van der Waals surface area contributed by atoms with Crippen LogP contribution in [0, 0.1) is 6.92 Å². The number of nitrogens with two attached hydrogens (primary N) is 1. The summed E-state index contributed by atoms with van der Waals surface area (Å²) in [6.07, 6.45) is 2.92. The molecule has 158 valence electrons. The molecular formula is C25H24N2O4. The summed E-state index contributed by atoms with van der Waals surface area (Å²) in [7, 11) is 1.60. The van der Waals surface area contributed by atoms with Crippen LogP contribution in [0.4, 0.5) is 0 Å². The smallest absolute Gasteiger partial charge is 0.358 e. The van der Waals surface area contributed by atoms with Crippen molar-refractivity contribution in [2.24, 2.45) is 10.9 Å². The number of hydrogen-bond acceptors (Lipinski definition) is 5. The zero-order valence-corrected chi connectivity index (χ0v) is 17.4. The first-order valence-electron chi connectivity index (χ1n) is 9.69. The zero-order chi connectivity index (χ0) is 22.1. The largest absolute Gasteiger partial charge is 0.496 e. The minimum absolute atomic E-state index is 0.127. The van der Waals surface area contributed by atoms with Gasteiger partial charge in [0.25, 0.3) is 0 Å². The van der Waals surface area contributed by atoms with Crippen LogP contribution < -0.4 is 15.2 Å². The van der Waals surface area contributed by atoms with Gasteiger partial charge in [-0.15, -0.1) is 0 Å². The molecule has 3 aromatic carbocycles. The summed E-state index contributed by atoms with van der Waals surface area (Å²) in [5, 5.41) is 3.67. The van der Waals surface area contributed by atoms with Crippen molar-refractivity contribution in [3.63, 3.8) is 0 Å². The Balaban J connectivity index is 1.63. The number of oxime groups is 1. The van der Waals surface area contributed by atoms with Crippen molar-refractivity contribution in [3.05, 3.63) is 101 Å². The van der Waals surface area contributed by atoms with Gasteiger partial charge in [-0.1, -0.05) is 59.3 Å². The van der Waals surface area contributed by atoms with Gasteiger partial charge in [-0.05, 0) is 42.8 Å². The fourth-order valence-corrected chi connectivity index (χ4v) is 2.76. The maximum absolute atomic E-state index is 12.0. The van der Waals surface area contributed by atoms with Crippen LogP contribution >= 0.6 is 0 Å². The van der Waals surface area contributed by atoms with Gasteiger partial charge in [-0.3, -0.25) is 0 Å². The summed E-state index contributed by atoms with van der Waals surface area (Å²) in [5.41, 5.74) is 9.30. The number of benzene rings is 3. The fraction of sp³-hybridized carbons (Fsp3) is 0.120. The Bertz CT molecular complexity index is 1070. The minimum Gasteiger partial charge on any atom is -0.496 e. The number of nitrogens with zero attached hydrogens (tertiary/aromatic N) is 1. The molecule has 0 aromatic heterocycles. The number of hydrogen-bond donors (Lipinski definition) is 1. The van der Waals surface area contributed by atoms with Crippen LogP contribution in [-0.2, 0) is 16.2 Å². The third kappa shape index (κ3) is 6.47. The van der Waals surface area contributed by atoms with Gasteiger partial charge < -0.3 is 20.0 Å². The highest BCUT2D eigenvalue weighted by molar-refractivity contribution is 5.97. The molecule has 3 rings (SSSR count). The molecule has 0 fully saturated rings. The average molecular weight is 416 g/mol. The van der Waals surface area contributed by atoms with Gasteiger partial charge in [-0.2, -0.15) is 0 Å². The first kappa shape index (κ1) is 21.6. The lowest BCUT2D eigenvalue weighted by molar-refractivity contribution is -0.137. The van der Waals surface area contributed by atoms with Crippen molar-refractivity contribution in [1.82, 2.24) is 0 Å². The molecular weight excluding hydrogens is 392 g/mol. The van der Waals surface area contributed by atoms with Crippen LogP contribution in [0.25, 0.3) is 6.08 Å². The summed E-state index contributed by atoms with van der Waals surface area (Å²) < 4.78 is 11.3. The third-order valence-electron chi connectivity index (χ3n) is 4.44. The molecule has 0 bridgehead atoms. The lowest BCUT2D eigenvalue weighted by Crippen LogP contribution is -2.14. The van der Waals surface area contributed by atoms with Crippen LogP contribution in [-0.4, -0.2) is 18.9 Å². The Morgan fingerprint density at radius 2 is 1.77 bits per heavy atom. The van der Waals surface area contributed by atoms with Crippen molar-refractivity contribution in [1.29, 1.82) is 0 Å². The number of ether oxygens (including phenoxy) is 2. The second-order valence-electron chi connectivity index (χ2n) is 6.76. The molecule has 0 saturated heterocycles. The molecule has 31 heavy (non-hydrogen) atoms. The van der Waals surface area contributed by atoms with E-state index in [1.165, 1.54) is 11.6 Å². The van der Waals surface area contributed by atoms with Gasteiger partial charge in [0.15, 0.2) is 5.84 Å². The van der Waals surface area contributed by atoms with E-state index in [-0.39, 0.29) is 5.84 Å². The summed E-state index contributed by atoms with van der Waals surface area (Å²) in [5.74, 6) is 0.965. The number of amidine groups is 1. The molecule has 0 spiro atoms. The molecule has 0 amide bonds. The highest BCUT2D eigenvalue weighted by atomic mass is 16.7. The lowest BCUT2D eigenvalue weighted by atomic mass is 10.1. The quantitative estimate of drug-likeness (QED) is 0.193. The molecule has 6 heteroatoms. The third-order valence-corrected chi connectivity index (χ3v) is 4.44. The molecule has 6 nitrogen and oxygen atoms in total. The van der Waals surface area contributed by atoms with Gasteiger partial charge in [0.2, 0.25) is 0 Å². The molecule has 3 aromatic rings. The topological polar surface area (TPSA) is 83.1 Å². The van der Waals surface area contributed by atoms with Crippen LogP contribution in [0.3, 0.4) is 0 Å². The maximum atomic E-state index is 12.0. The van der Waals surface area contributed by atoms with Gasteiger partial charge >= 0.3 is 5.97 Å². The Hall–Kier alpha value is -4.06. The predicted molar refractivity (Wildman–Crippen MR) is 121 cm³/mol. The molecule has 0 aliphatic heterocycles. The van der Waals surface area contributed by atoms with E-state index < -0.39 is 5.97 Å². The second kappa shape index (κ2) is 10.6. The summed E-state index contributed by atoms with van der Waals surface area (Å²) in [6.45, 7) is 2.35. The summed E-state index contributed by atoms with van der Waals surface area (Å²) in [4.78, 5) is 16.8. The number of aryl methyl sites for hydroxylation is 1. The van der Waals surface area contributed by atoms with Gasteiger partial charge in [-0.25, -0.2) is 4.79 Å². The lowest BCUT2D eigenvalue weighted by Gasteiger charge is -2.11. The van der Waals surface area contributed by atoms with Crippen molar-refractivity contribution in [2.45, 2.75) is 13.5 Å². The van der Waals surface area contributed by atoms with E-state index in [1.807, 2.05) is 67.6 Å². The number of carbonyl (C=O) groups is 1. The SMILES string of the molecule is COc1ccc(/C=C\C(=O)O/N=C(\N)c2ccccc2)cc1COc1ccc(C)cc1. The van der Waals surface area contributed by atoms with E-state index in [9.17, 15) is 4.79 Å². The van der Waals surface area contributed by atoms with Crippen LogP contribution in [0.15, 0.2) is 84.0 Å². The Kier molecular flexibility index (Phi) is 7.43. The molecule has 2 N–H and O–H groups in total. The van der Waals surface area contributed by atoms with Crippen molar-refractivity contribution < 1.29 is 19.1 Å². The monoisotopic (exact) mass is 416 g/mol. The van der Waals surface area contributed by atoms with Crippen LogP contribution in [0.5, 0.6) is 11.5 Å². The van der Waals surface area contributed by atoms with E-state index in [0.29, 0.717) is 17.9 Å². The van der Waals surface area contributed by atoms with Crippen molar-refractivity contribution in [3.8, 4) is 11.5 Å². The van der Waals surface area contributed by atoms with E-state index in [4.69, 9.17) is 20.0 Å². The predicted octanol–water partition coefficient (Wildman–Crippen LogP) is 4.46. The summed E-state index contributed by atoms with van der Waals surface area (Å²) in [6, 6.07) is 22.4. The van der Waals surface area contributed by atoms with E-state index in [2.05, 4.69) is 5.16 Å². The summed E-state index contributed by atoms with van der Waals surface area (Å²) >= 11 is 0. The zero-order valence-electron chi connectivity index (χ0n) is 17.4. The van der Waals surface area contributed by atoms with E-state index in [1.54, 1.807) is 25.3 Å². The highest BCUT2D eigenvalue weighted by Crippen LogP contribution is 2.23.